The number of rotatable bonds is 6. The van der Waals surface area contributed by atoms with E-state index in [0.717, 1.165) is 17.7 Å². The molecule has 2 saturated heterocycles. The van der Waals surface area contributed by atoms with Crippen molar-refractivity contribution in [2.24, 2.45) is 5.92 Å². The van der Waals surface area contributed by atoms with Crippen molar-refractivity contribution in [3.63, 3.8) is 0 Å². The van der Waals surface area contributed by atoms with E-state index in [1.165, 1.54) is 0 Å². The van der Waals surface area contributed by atoms with Crippen molar-refractivity contribution in [2.45, 2.75) is 25.4 Å². The maximum absolute atomic E-state index is 12.9. The summed E-state index contributed by atoms with van der Waals surface area (Å²) in [5, 5.41) is 16.2. The average Bonchev–Trinajstić information content (AvgIpc) is 3.06. The second-order valence-electron chi connectivity index (χ2n) is 7.87. The molecule has 0 saturated carbocycles. The van der Waals surface area contributed by atoms with E-state index in [1.807, 2.05) is 23.2 Å². The predicted octanol–water partition coefficient (Wildman–Crippen LogP) is 1.40. The fraction of sp³-hybridized carbons (Fsp3) is 0.476. The number of carbonyl (C=O) groups excluding carboxylic acids is 1. The number of aromatic nitrogens is 2. The molecule has 2 N–H and O–H groups in total. The van der Waals surface area contributed by atoms with Crippen LogP contribution in [0.15, 0.2) is 36.7 Å². The van der Waals surface area contributed by atoms with Gasteiger partial charge >= 0.3 is 5.97 Å². The zero-order chi connectivity index (χ0) is 20.2. The number of benzene rings is 1. The van der Waals surface area contributed by atoms with Gasteiger partial charge in [-0.15, -0.1) is 0 Å². The second-order valence-corrected chi connectivity index (χ2v) is 7.87. The van der Waals surface area contributed by atoms with Crippen molar-refractivity contribution in [1.29, 1.82) is 0 Å². The number of hydrogen-bond donors (Lipinski definition) is 2. The third-order valence-electron chi connectivity index (χ3n) is 5.69. The number of nitrogens with zero attached hydrogens (tertiary/aromatic N) is 3. The Hall–Kier alpha value is -2.71. The summed E-state index contributed by atoms with van der Waals surface area (Å²) in [6.07, 6.45) is 4.68. The van der Waals surface area contributed by atoms with Crippen molar-refractivity contribution in [1.82, 2.24) is 20.0 Å². The summed E-state index contributed by atoms with van der Waals surface area (Å²) in [6, 6.07) is 7.11. The maximum Gasteiger partial charge on any atom is 0.336 e. The third kappa shape index (κ3) is 4.65. The number of aromatic carboxylic acids is 1. The molecular formula is C21H26N4O4. The van der Waals surface area contributed by atoms with Crippen LogP contribution in [0.3, 0.4) is 0 Å². The van der Waals surface area contributed by atoms with Crippen LogP contribution >= 0.6 is 0 Å². The van der Waals surface area contributed by atoms with E-state index in [9.17, 15) is 14.7 Å². The van der Waals surface area contributed by atoms with Gasteiger partial charge in [0.1, 0.15) is 0 Å². The number of nitrogens with one attached hydrogen (secondary N) is 1. The molecule has 2 bridgehead atoms. The maximum atomic E-state index is 12.9. The first kappa shape index (κ1) is 19.6. The lowest BCUT2D eigenvalue weighted by Crippen LogP contribution is -2.46. The predicted molar refractivity (Wildman–Crippen MR) is 105 cm³/mol. The van der Waals surface area contributed by atoms with Crippen LogP contribution in [0.25, 0.3) is 0 Å². The highest BCUT2D eigenvalue weighted by molar-refractivity contribution is 5.89. The van der Waals surface area contributed by atoms with E-state index >= 15 is 0 Å². The topological polar surface area (TPSA) is 98.8 Å². The van der Waals surface area contributed by atoms with Crippen molar-refractivity contribution >= 4 is 11.9 Å². The standard InChI is InChI=1S/C21H26N4O4/c26-20(6-5-15-7-22-23-8-15)25-10-16-9-24(12-18(25)14-29-13-16)11-17-3-1-2-4-19(17)21(27)28/h1-4,7-8,16,18H,5-6,9-14H2,(H,22,23)(H,27,28)/t16-,18-/m0/s1. The van der Waals surface area contributed by atoms with Crippen LogP contribution in [0.1, 0.15) is 27.9 Å². The van der Waals surface area contributed by atoms with Gasteiger partial charge in [0.15, 0.2) is 0 Å². The zero-order valence-electron chi connectivity index (χ0n) is 16.3. The quantitative estimate of drug-likeness (QED) is 0.763. The summed E-state index contributed by atoms with van der Waals surface area (Å²) in [7, 11) is 0. The highest BCUT2D eigenvalue weighted by Gasteiger charge is 2.35. The monoisotopic (exact) mass is 398 g/mol. The van der Waals surface area contributed by atoms with Crippen LogP contribution < -0.4 is 0 Å². The highest BCUT2D eigenvalue weighted by atomic mass is 16.5. The van der Waals surface area contributed by atoms with Crippen LogP contribution in [-0.2, 0) is 22.5 Å². The Labute approximate surface area is 169 Å². The fourth-order valence-electron chi connectivity index (χ4n) is 4.29. The molecule has 0 radical (unpaired) electrons. The summed E-state index contributed by atoms with van der Waals surface area (Å²) >= 11 is 0. The van der Waals surface area contributed by atoms with Gasteiger partial charge in [-0.25, -0.2) is 4.79 Å². The van der Waals surface area contributed by atoms with Gasteiger partial charge in [-0.2, -0.15) is 5.10 Å². The Morgan fingerprint density at radius 1 is 1.21 bits per heavy atom. The molecule has 1 aromatic carbocycles. The van der Waals surface area contributed by atoms with E-state index in [1.54, 1.807) is 18.3 Å². The van der Waals surface area contributed by atoms with E-state index in [2.05, 4.69) is 15.1 Å². The van der Waals surface area contributed by atoms with Crippen molar-refractivity contribution in [3.8, 4) is 0 Å². The lowest BCUT2D eigenvalue weighted by Gasteiger charge is -2.31. The normalized spacial score (nSPS) is 22.3. The minimum atomic E-state index is -0.907. The smallest absolute Gasteiger partial charge is 0.336 e. The number of fused-ring (bicyclic) bond motifs is 3. The van der Waals surface area contributed by atoms with Gasteiger partial charge in [0.2, 0.25) is 5.91 Å². The third-order valence-corrected chi connectivity index (χ3v) is 5.69. The lowest BCUT2D eigenvalue weighted by molar-refractivity contribution is -0.133. The van der Waals surface area contributed by atoms with E-state index in [0.29, 0.717) is 51.3 Å². The SMILES string of the molecule is O=C(O)c1ccccc1CN1C[C@@H]2COC[C@H](C1)N(C(=O)CCc1cn[nH]c1)C2. The summed E-state index contributed by atoms with van der Waals surface area (Å²) in [5.41, 5.74) is 2.17. The van der Waals surface area contributed by atoms with Crippen molar-refractivity contribution in [3.05, 3.63) is 53.3 Å². The van der Waals surface area contributed by atoms with Gasteiger partial charge in [0.05, 0.1) is 31.0 Å². The molecule has 154 valence electrons. The van der Waals surface area contributed by atoms with Gasteiger partial charge < -0.3 is 14.7 Å². The zero-order valence-corrected chi connectivity index (χ0v) is 16.3. The van der Waals surface area contributed by atoms with E-state index in [-0.39, 0.29) is 17.9 Å². The molecule has 0 aliphatic carbocycles. The number of amides is 1. The Balaban J connectivity index is 1.45. The molecule has 2 aliphatic heterocycles. The summed E-state index contributed by atoms with van der Waals surface area (Å²) < 4.78 is 5.82. The van der Waals surface area contributed by atoms with Gasteiger partial charge in [-0.05, 0) is 23.6 Å². The molecule has 3 heterocycles. The van der Waals surface area contributed by atoms with Crippen molar-refractivity contribution < 1.29 is 19.4 Å². The van der Waals surface area contributed by atoms with Crippen molar-refractivity contribution in [2.75, 3.05) is 32.8 Å². The van der Waals surface area contributed by atoms with E-state index in [4.69, 9.17) is 4.74 Å². The molecule has 2 atom stereocenters. The number of ether oxygens (including phenoxy) is 1. The molecule has 2 fully saturated rings. The summed E-state index contributed by atoms with van der Waals surface area (Å²) in [5.74, 6) is -0.549. The Kier molecular flexibility index (Phi) is 5.92. The molecule has 0 spiro atoms. The molecule has 1 amide bonds. The molecule has 2 aromatic rings. The molecule has 4 rings (SSSR count). The molecule has 8 heteroatoms. The first-order chi connectivity index (χ1) is 14.1. The molecule has 2 aliphatic rings. The second kappa shape index (κ2) is 8.75. The fourth-order valence-corrected chi connectivity index (χ4v) is 4.29. The molecular weight excluding hydrogens is 372 g/mol. The lowest BCUT2D eigenvalue weighted by atomic mass is 10.1. The van der Waals surface area contributed by atoms with Crippen LogP contribution in [-0.4, -0.2) is 75.9 Å². The molecule has 8 nitrogen and oxygen atoms in total. The molecule has 0 unspecified atom stereocenters. The van der Waals surface area contributed by atoms with Crippen LogP contribution in [0, 0.1) is 5.92 Å². The highest BCUT2D eigenvalue weighted by Crippen LogP contribution is 2.23. The first-order valence-corrected chi connectivity index (χ1v) is 9.98. The van der Waals surface area contributed by atoms with Gasteiger partial charge in [0.25, 0.3) is 0 Å². The van der Waals surface area contributed by atoms with Gasteiger partial charge in [-0.1, -0.05) is 18.2 Å². The number of aromatic amines is 1. The number of H-pyrrole nitrogens is 1. The number of carbonyl (C=O) groups is 2. The Morgan fingerprint density at radius 2 is 2.07 bits per heavy atom. The van der Waals surface area contributed by atoms with Crippen LogP contribution in [0.5, 0.6) is 0 Å². The Morgan fingerprint density at radius 3 is 2.86 bits per heavy atom. The minimum Gasteiger partial charge on any atom is -0.478 e. The van der Waals surface area contributed by atoms with Crippen LogP contribution in [0.2, 0.25) is 0 Å². The van der Waals surface area contributed by atoms with Crippen LogP contribution in [0.4, 0.5) is 0 Å². The number of carboxylic acid groups (broad SMARTS) is 1. The number of hydrogen-bond acceptors (Lipinski definition) is 5. The molecule has 29 heavy (non-hydrogen) atoms. The minimum absolute atomic E-state index is 0.0173. The van der Waals surface area contributed by atoms with Gasteiger partial charge in [-0.3, -0.25) is 14.8 Å². The van der Waals surface area contributed by atoms with E-state index < -0.39 is 5.97 Å². The summed E-state index contributed by atoms with van der Waals surface area (Å²) in [4.78, 5) is 28.7. The number of aryl methyl sites for hydroxylation is 1. The van der Waals surface area contributed by atoms with Gasteiger partial charge in [0, 0.05) is 44.7 Å². The largest absolute Gasteiger partial charge is 0.478 e. The summed E-state index contributed by atoms with van der Waals surface area (Å²) in [6.45, 7) is 3.86. The molecule has 1 aromatic heterocycles. The first-order valence-electron chi connectivity index (χ1n) is 9.98. The Bertz CT molecular complexity index is 854. The average molecular weight is 398 g/mol. The number of carboxylic acids is 1.